The van der Waals surface area contributed by atoms with Gasteiger partial charge in [-0.1, -0.05) is 6.92 Å². The Labute approximate surface area is 108 Å². The molecule has 1 saturated heterocycles. The molecule has 0 aromatic carbocycles. The second kappa shape index (κ2) is 5.94. The first-order valence-electron chi connectivity index (χ1n) is 6.59. The van der Waals surface area contributed by atoms with E-state index in [2.05, 4.69) is 29.4 Å². The molecular weight excluding hydrogens is 230 g/mol. The van der Waals surface area contributed by atoms with Crippen LogP contribution in [0, 0.1) is 0 Å². The second-order valence-electron chi connectivity index (χ2n) is 4.83. The van der Waals surface area contributed by atoms with Gasteiger partial charge in [-0.3, -0.25) is 0 Å². The van der Waals surface area contributed by atoms with Gasteiger partial charge in [0.2, 0.25) is 0 Å². The largest absolute Gasteiger partial charge is 0.312 e. The van der Waals surface area contributed by atoms with Crippen LogP contribution in [-0.4, -0.2) is 36.6 Å². The molecule has 2 heterocycles. The average Bonchev–Trinajstić information content (AvgIpc) is 2.87. The summed E-state index contributed by atoms with van der Waals surface area (Å²) in [7, 11) is 1.99. The molecule has 96 valence electrons. The first-order chi connectivity index (χ1) is 8.24. The van der Waals surface area contributed by atoms with Gasteiger partial charge in [0, 0.05) is 17.3 Å². The minimum atomic E-state index is 0.371. The molecule has 17 heavy (non-hydrogen) atoms. The zero-order valence-corrected chi connectivity index (χ0v) is 11.9. The molecule has 0 amide bonds. The first-order valence-corrected chi connectivity index (χ1v) is 7.47. The molecule has 1 aliphatic heterocycles. The summed E-state index contributed by atoms with van der Waals surface area (Å²) in [5.41, 5.74) is 1.20. The molecule has 0 bridgehead atoms. The number of hydrogen-bond donors (Lipinski definition) is 1. The highest BCUT2D eigenvalue weighted by molar-refractivity contribution is 7.09. The van der Waals surface area contributed by atoms with Crippen LogP contribution in [0.1, 0.15) is 49.4 Å². The Hall–Kier alpha value is -0.450. The van der Waals surface area contributed by atoms with Crippen LogP contribution in [-0.2, 0) is 0 Å². The van der Waals surface area contributed by atoms with Crippen LogP contribution in [0.5, 0.6) is 0 Å². The fraction of sp³-hybridized carbons (Fsp3) is 0.769. The number of nitrogens with zero attached hydrogens (tertiary/aromatic N) is 2. The van der Waals surface area contributed by atoms with Gasteiger partial charge in [0.1, 0.15) is 0 Å². The summed E-state index contributed by atoms with van der Waals surface area (Å²) in [6.45, 7) is 8.07. The second-order valence-corrected chi connectivity index (χ2v) is 5.72. The Bertz CT molecular complexity index is 342. The van der Waals surface area contributed by atoms with E-state index in [9.17, 15) is 0 Å². The molecule has 1 unspecified atom stereocenters. The Kier molecular flexibility index (Phi) is 4.54. The SMILES string of the molecule is CCN1CCC(c2nc(C(C)NC)cs2)CC1. The van der Waals surface area contributed by atoms with Crippen LogP contribution in [0.4, 0.5) is 0 Å². The number of thiazole rings is 1. The Morgan fingerprint density at radius 2 is 2.24 bits per heavy atom. The Balaban J connectivity index is 1.97. The lowest BCUT2D eigenvalue weighted by Gasteiger charge is -2.29. The molecule has 1 N–H and O–H groups in total. The summed E-state index contributed by atoms with van der Waals surface area (Å²) in [6.07, 6.45) is 2.55. The van der Waals surface area contributed by atoms with E-state index < -0.39 is 0 Å². The summed E-state index contributed by atoms with van der Waals surface area (Å²) < 4.78 is 0. The van der Waals surface area contributed by atoms with Crippen molar-refractivity contribution in [1.29, 1.82) is 0 Å². The first kappa shape index (κ1) is 13.0. The van der Waals surface area contributed by atoms with Crippen LogP contribution >= 0.6 is 11.3 Å². The molecule has 0 spiro atoms. The van der Waals surface area contributed by atoms with Gasteiger partial charge >= 0.3 is 0 Å². The molecule has 0 radical (unpaired) electrons. The van der Waals surface area contributed by atoms with Crippen molar-refractivity contribution in [3.8, 4) is 0 Å². The molecule has 3 nitrogen and oxygen atoms in total. The van der Waals surface area contributed by atoms with Gasteiger partial charge in [0.05, 0.1) is 10.7 Å². The van der Waals surface area contributed by atoms with E-state index in [4.69, 9.17) is 4.98 Å². The highest BCUT2D eigenvalue weighted by Gasteiger charge is 2.22. The zero-order valence-electron chi connectivity index (χ0n) is 11.1. The van der Waals surface area contributed by atoms with Gasteiger partial charge in [-0.2, -0.15) is 0 Å². The van der Waals surface area contributed by atoms with Crippen molar-refractivity contribution in [2.24, 2.45) is 0 Å². The minimum absolute atomic E-state index is 0.371. The predicted octanol–water partition coefficient (Wildman–Crippen LogP) is 2.62. The normalized spacial score (nSPS) is 20.6. The number of nitrogens with one attached hydrogen (secondary N) is 1. The number of rotatable bonds is 4. The lowest BCUT2D eigenvalue weighted by Crippen LogP contribution is -2.32. The summed E-state index contributed by atoms with van der Waals surface area (Å²) in [5.74, 6) is 0.695. The smallest absolute Gasteiger partial charge is 0.0960 e. The summed E-state index contributed by atoms with van der Waals surface area (Å²) in [6, 6.07) is 0.371. The summed E-state index contributed by atoms with van der Waals surface area (Å²) >= 11 is 1.84. The number of likely N-dealkylation sites (tertiary alicyclic amines) is 1. The van der Waals surface area contributed by atoms with Crippen LogP contribution < -0.4 is 5.32 Å². The van der Waals surface area contributed by atoms with Crippen LogP contribution in [0.3, 0.4) is 0 Å². The van der Waals surface area contributed by atoms with Crippen LogP contribution in [0.25, 0.3) is 0 Å². The van der Waals surface area contributed by atoms with Crippen molar-refractivity contribution in [2.75, 3.05) is 26.7 Å². The highest BCUT2D eigenvalue weighted by Crippen LogP contribution is 2.31. The Morgan fingerprint density at radius 3 is 2.82 bits per heavy atom. The quantitative estimate of drug-likeness (QED) is 0.894. The molecule has 1 aromatic heterocycles. The van der Waals surface area contributed by atoms with Crippen molar-refractivity contribution < 1.29 is 0 Å². The molecule has 1 fully saturated rings. The van der Waals surface area contributed by atoms with E-state index in [0.717, 1.165) is 0 Å². The van der Waals surface area contributed by atoms with E-state index in [1.165, 1.54) is 43.2 Å². The molecule has 2 rings (SSSR count). The maximum atomic E-state index is 4.79. The third-order valence-electron chi connectivity index (χ3n) is 3.80. The van der Waals surface area contributed by atoms with Gasteiger partial charge < -0.3 is 10.2 Å². The summed E-state index contributed by atoms with van der Waals surface area (Å²) in [5, 5.41) is 6.81. The van der Waals surface area contributed by atoms with Gasteiger partial charge in [-0.25, -0.2) is 4.98 Å². The van der Waals surface area contributed by atoms with Gasteiger partial charge in [-0.15, -0.1) is 11.3 Å². The third-order valence-corrected chi connectivity index (χ3v) is 4.83. The topological polar surface area (TPSA) is 28.2 Å². The number of aromatic nitrogens is 1. The predicted molar refractivity (Wildman–Crippen MR) is 73.7 cm³/mol. The fourth-order valence-corrected chi connectivity index (χ4v) is 3.42. The van der Waals surface area contributed by atoms with E-state index in [1.54, 1.807) is 0 Å². The summed E-state index contributed by atoms with van der Waals surface area (Å²) in [4.78, 5) is 7.32. The van der Waals surface area contributed by atoms with Crippen molar-refractivity contribution in [3.05, 3.63) is 16.1 Å². The monoisotopic (exact) mass is 253 g/mol. The van der Waals surface area contributed by atoms with Crippen molar-refractivity contribution in [1.82, 2.24) is 15.2 Å². The van der Waals surface area contributed by atoms with Crippen molar-refractivity contribution in [2.45, 2.75) is 38.6 Å². The van der Waals surface area contributed by atoms with Gasteiger partial charge in [-0.05, 0) is 46.4 Å². The van der Waals surface area contributed by atoms with Gasteiger partial charge in [0.25, 0.3) is 0 Å². The average molecular weight is 253 g/mol. The lowest BCUT2D eigenvalue weighted by atomic mass is 9.97. The van der Waals surface area contributed by atoms with Gasteiger partial charge in [0.15, 0.2) is 0 Å². The molecule has 4 heteroatoms. The van der Waals surface area contributed by atoms with E-state index in [1.807, 2.05) is 18.4 Å². The highest BCUT2D eigenvalue weighted by atomic mass is 32.1. The Morgan fingerprint density at radius 1 is 1.53 bits per heavy atom. The minimum Gasteiger partial charge on any atom is -0.312 e. The number of hydrogen-bond acceptors (Lipinski definition) is 4. The molecule has 1 aromatic rings. The van der Waals surface area contributed by atoms with Crippen molar-refractivity contribution in [3.63, 3.8) is 0 Å². The van der Waals surface area contributed by atoms with E-state index in [0.29, 0.717) is 12.0 Å². The lowest BCUT2D eigenvalue weighted by molar-refractivity contribution is 0.222. The van der Waals surface area contributed by atoms with Crippen LogP contribution in [0.2, 0.25) is 0 Å². The third kappa shape index (κ3) is 3.06. The molecular formula is C13H23N3S. The zero-order chi connectivity index (χ0) is 12.3. The molecule has 0 aliphatic carbocycles. The number of piperidine rings is 1. The maximum Gasteiger partial charge on any atom is 0.0960 e. The molecule has 1 aliphatic rings. The molecule has 0 saturated carbocycles. The standard InChI is InChI=1S/C13H23N3S/c1-4-16-7-5-11(6-8-16)13-15-12(9-17-13)10(2)14-3/h9-11,14H,4-8H2,1-3H3. The maximum absolute atomic E-state index is 4.79. The van der Waals surface area contributed by atoms with E-state index in [-0.39, 0.29) is 0 Å². The van der Waals surface area contributed by atoms with Crippen molar-refractivity contribution >= 4 is 11.3 Å². The van der Waals surface area contributed by atoms with E-state index >= 15 is 0 Å². The molecule has 1 atom stereocenters. The van der Waals surface area contributed by atoms with Crippen LogP contribution in [0.15, 0.2) is 5.38 Å². The fourth-order valence-electron chi connectivity index (χ4n) is 2.33.